The molecule has 0 saturated heterocycles. The number of esters is 4. The van der Waals surface area contributed by atoms with Crippen LogP contribution in [0, 0.1) is 23.7 Å². The smallest absolute Gasteiger partial charge is 0.462 e. The molecular formula is C78H152O17P2. The SMILES string of the molecule is CCC(C)CCCCCCCCC(=O)OC[C@H](COP(=O)(O)OC[C@H](O)COP(=O)(O)OC[C@@H](COC(=O)CCCCCCCCCCCCCCC(C)C)OC(=O)CCCCCCCCCCCCCCCCCCCCC(C)C)OC(=O)CCCCCCCCCCC(C)C. The van der Waals surface area contributed by atoms with E-state index in [0.29, 0.717) is 25.7 Å². The van der Waals surface area contributed by atoms with Crippen LogP contribution in [0.25, 0.3) is 0 Å². The molecule has 0 aliphatic carbocycles. The van der Waals surface area contributed by atoms with Crippen molar-refractivity contribution < 1.29 is 80.2 Å². The van der Waals surface area contributed by atoms with Crippen molar-refractivity contribution >= 4 is 39.5 Å². The van der Waals surface area contributed by atoms with Crippen molar-refractivity contribution in [1.29, 1.82) is 0 Å². The number of ether oxygens (including phenoxy) is 4. The number of carbonyl (C=O) groups is 4. The molecule has 17 nitrogen and oxygen atoms in total. The van der Waals surface area contributed by atoms with Crippen LogP contribution in [0.1, 0.15) is 396 Å². The summed E-state index contributed by atoms with van der Waals surface area (Å²) >= 11 is 0. The molecule has 97 heavy (non-hydrogen) atoms. The quantitative estimate of drug-likeness (QED) is 0.0222. The van der Waals surface area contributed by atoms with Gasteiger partial charge in [0.1, 0.15) is 19.3 Å². The first-order valence-electron chi connectivity index (χ1n) is 40.2. The predicted molar refractivity (Wildman–Crippen MR) is 395 cm³/mol. The van der Waals surface area contributed by atoms with Crippen LogP contribution in [0.3, 0.4) is 0 Å². The standard InChI is InChI=1S/C78H152O17P2/c1-9-71(8)57-49-41-36-37-43-51-59-76(81)89-65-74(95-78(83)61-53-45-35-29-28-32-40-48-56-70(6)7)67-93-97(86,87)91-63-72(79)62-90-96(84,85)92-66-73(64-88-75(80)58-50-42-33-26-22-19-18-21-25-31-39-47-55-69(4)5)94-77(82)60-52-44-34-27-23-17-15-13-11-10-12-14-16-20-24-30-38-46-54-68(2)3/h68-74,79H,9-67H2,1-8H3,(H,84,85)(H,86,87)/t71?,72-,73-,74-/m1/s1. The largest absolute Gasteiger partial charge is 0.472 e. The highest BCUT2D eigenvalue weighted by atomic mass is 31.2. The average Bonchev–Trinajstić information content (AvgIpc) is 0.968. The summed E-state index contributed by atoms with van der Waals surface area (Å²) in [5, 5.41) is 10.6. The van der Waals surface area contributed by atoms with E-state index in [1.54, 1.807) is 0 Å². The number of rotatable bonds is 75. The molecule has 0 aromatic heterocycles. The van der Waals surface area contributed by atoms with E-state index in [0.717, 1.165) is 120 Å². The van der Waals surface area contributed by atoms with Crippen molar-refractivity contribution in [1.82, 2.24) is 0 Å². The normalized spacial score (nSPS) is 14.4. The molecule has 19 heteroatoms. The summed E-state index contributed by atoms with van der Waals surface area (Å²) in [5.41, 5.74) is 0. The van der Waals surface area contributed by atoms with Gasteiger partial charge in [-0.1, -0.05) is 344 Å². The van der Waals surface area contributed by atoms with Gasteiger partial charge in [-0.2, -0.15) is 0 Å². The summed E-state index contributed by atoms with van der Waals surface area (Å²) in [5.74, 6) is 0.930. The summed E-state index contributed by atoms with van der Waals surface area (Å²) in [6.45, 7) is 14.2. The highest BCUT2D eigenvalue weighted by molar-refractivity contribution is 7.47. The first kappa shape index (κ1) is 95.1. The maximum atomic E-state index is 13.1. The van der Waals surface area contributed by atoms with Crippen LogP contribution in [-0.4, -0.2) is 96.7 Å². The Bertz CT molecular complexity index is 1900. The van der Waals surface area contributed by atoms with Crippen molar-refractivity contribution in [2.75, 3.05) is 39.6 Å². The van der Waals surface area contributed by atoms with Gasteiger partial charge in [-0.3, -0.25) is 37.3 Å². The van der Waals surface area contributed by atoms with Gasteiger partial charge in [0.25, 0.3) is 0 Å². The first-order valence-corrected chi connectivity index (χ1v) is 43.2. The fourth-order valence-corrected chi connectivity index (χ4v) is 13.5. The summed E-state index contributed by atoms with van der Waals surface area (Å²) in [7, 11) is -9.92. The Balaban J connectivity index is 5.21. The van der Waals surface area contributed by atoms with Crippen LogP contribution in [0.15, 0.2) is 0 Å². The second-order valence-corrected chi connectivity index (χ2v) is 32.7. The minimum atomic E-state index is -4.96. The van der Waals surface area contributed by atoms with Crippen LogP contribution in [0.2, 0.25) is 0 Å². The first-order chi connectivity index (χ1) is 46.6. The summed E-state index contributed by atoms with van der Waals surface area (Å²) < 4.78 is 68.5. The van der Waals surface area contributed by atoms with Crippen LogP contribution < -0.4 is 0 Å². The van der Waals surface area contributed by atoms with E-state index in [-0.39, 0.29) is 25.7 Å². The number of phosphoric ester groups is 2. The fraction of sp³-hybridized carbons (Fsp3) is 0.949. The van der Waals surface area contributed by atoms with Crippen LogP contribution in [0.5, 0.6) is 0 Å². The van der Waals surface area contributed by atoms with Crippen molar-refractivity contribution in [3.8, 4) is 0 Å². The molecule has 3 unspecified atom stereocenters. The maximum absolute atomic E-state index is 13.1. The fourth-order valence-electron chi connectivity index (χ4n) is 11.9. The summed E-state index contributed by atoms with van der Waals surface area (Å²) in [4.78, 5) is 72.8. The topological polar surface area (TPSA) is 237 Å². The predicted octanol–water partition coefficient (Wildman–Crippen LogP) is 22.8. The van der Waals surface area contributed by atoms with Gasteiger partial charge in [0.15, 0.2) is 12.2 Å². The van der Waals surface area contributed by atoms with Crippen molar-refractivity contribution in [3.05, 3.63) is 0 Å². The molecule has 6 atom stereocenters. The highest BCUT2D eigenvalue weighted by Gasteiger charge is 2.30. The molecule has 0 spiro atoms. The lowest BCUT2D eigenvalue weighted by Crippen LogP contribution is -2.30. The Morgan fingerprint density at radius 3 is 0.732 bits per heavy atom. The Labute approximate surface area is 594 Å². The second-order valence-electron chi connectivity index (χ2n) is 29.8. The molecule has 0 aromatic rings. The summed E-state index contributed by atoms with van der Waals surface area (Å²) in [6.07, 6.45) is 52.9. The van der Waals surface area contributed by atoms with Gasteiger partial charge >= 0.3 is 39.5 Å². The average molecular weight is 1420 g/mol. The Morgan fingerprint density at radius 1 is 0.289 bits per heavy atom. The van der Waals surface area contributed by atoms with E-state index in [1.807, 2.05) is 0 Å². The molecule has 0 rings (SSSR count). The van der Waals surface area contributed by atoms with Crippen molar-refractivity contribution in [2.24, 2.45) is 23.7 Å². The van der Waals surface area contributed by atoms with Crippen LogP contribution >= 0.6 is 15.6 Å². The number of unbranched alkanes of at least 4 members (excludes halogenated alkanes) is 40. The number of hydrogen-bond acceptors (Lipinski definition) is 15. The number of aliphatic hydroxyl groups is 1. The molecule has 0 radical (unpaired) electrons. The van der Waals surface area contributed by atoms with Gasteiger partial charge in [-0.05, 0) is 49.4 Å². The zero-order chi connectivity index (χ0) is 71.7. The minimum Gasteiger partial charge on any atom is -0.462 e. The number of carbonyl (C=O) groups excluding carboxylic acids is 4. The minimum absolute atomic E-state index is 0.103. The number of phosphoric acid groups is 2. The third kappa shape index (κ3) is 70.9. The Hall–Kier alpha value is -1.94. The zero-order valence-electron chi connectivity index (χ0n) is 63.7. The van der Waals surface area contributed by atoms with Gasteiger partial charge in [-0.15, -0.1) is 0 Å². The van der Waals surface area contributed by atoms with E-state index in [1.165, 1.54) is 193 Å². The Morgan fingerprint density at radius 2 is 0.495 bits per heavy atom. The zero-order valence-corrected chi connectivity index (χ0v) is 65.5. The van der Waals surface area contributed by atoms with Gasteiger partial charge < -0.3 is 33.8 Å². The molecule has 0 aromatic carbocycles. The monoisotopic (exact) mass is 1420 g/mol. The van der Waals surface area contributed by atoms with E-state index < -0.39 is 97.5 Å². The molecule has 0 amide bonds. The van der Waals surface area contributed by atoms with E-state index >= 15 is 0 Å². The van der Waals surface area contributed by atoms with E-state index in [4.69, 9.17) is 37.0 Å². The molecule has 576 valence electrons. The van der Waals surface area contributed by atoms with Gasteiger partial charge in [0, 0.05) is 25.7 Å². The van der Waals surface area contributed by atoms with Gasteiger partial charge in [0.2, 0.25) is 0 Å². The van der Waals surface area contributed by atoms with Gasteiger partial charge in [0.05, 0.1) is 26.4 Å². The lowest BCUT2D eigenvalue weighted by atomic mass is 10.00. The molecule has 0 fully saturated rings. The van der Waals surface area contributed by atoms with Gasteiger partial charge in [-0.25, -0.2) is 9.13 Å². The molecular weight excluding hydrogens is 1270 g/mol. The number of aliphatic hydroxyl groups excluding tert-OH is 1. The van der Waals surface area contributed by atoms with Crippen LogP contribution in [-0.2, 0) is 65.4 Å². The van der Waals surface area contributed by atoms with Crippen molar-refractivity contribution in [2.45, 2.75) is 414 Å². The third-order valence-corrected chi connectivity index (χ3v) is 20.3. The molecule has 0 heterocycles. The molecule has 3 N–H and O–H groups in total. The maximum Gasteiger partial charge on any atom is 0.472 e. The molecule has 0 aliphatic heterocycles. The van der Waals surface area contributed by atoms with Crippen LogP contribution in [0.4, 0.5) is 0 Å². The van der Waals surface area contributed by atoms with E-state index in [2.05, 4.69) is 55.4 Å². The lowest BCUT2D eigenvalue weighted by molar-refractivity contribution is -0.161. The Kier molecular flexibility index (Phi) is 65.9. The highest BCUT2D eigenvalue weighted by Crippen LogP contribution is 2.45. The molecule has 0 aliphatic rings. The number of hydrogen-bond donors (Lipinski definition) is 3. The second kappa shape index (κ2) is 67.2. The molecule has 0 saturated carbocycles. The van der Waals surface area contributed by atoms with Crippen molar-refractivity contribution in [3.63, 3.8) is 0 Å². The summed E-state index contributed by atoms with van der Waals surface area (Å²) in [6, 6.07) is 0. The third-order valence-electron chi connectivity index (χ3n) is 18.4. The lowest BCUT2D eigenvalue weighted by Gasteiger charge is -2.21. The molecule has 0 bridgehead atoms. The van der Waals surface area contributed by atoms with E-state index in [9.17, 15) is 43.2 Å².